The normalized spacial score (nSPS) is 14.8. The third-order valence-corrected chi connectivity index (χ3v) is 4.17. The Hall–Kier alpha value is -2.54. The summed E-state index contributed by atoms with van der Waals surface area (Å²) in [6, 6.07) is 12.5. The van der Waals surface area contributed by atoms with E-state index in [4.69, 9.17) is 5.26 Å². The van der Waals surface area contributed by atoms with Crippen LogP contribution in [-0.4, -0.2) is 31.2 Å². The number of aromatic nitrogens is 1. The van der Waals surface area contributed by atoms with Crippen LogP contribution in [0, 0.1) is 25.2 Å². The first-order valence-electron chi connectivity index (χ1n) is 7.60. The van der Waals surface area contributed by atoms with E-state index in [1.807, 2.05) is 12.1 Å². The Bertz CT molecular complexity index is 692. The molecule has 1 aromatic carbocycles. The van der Waals surface area contributed by atoms with Crippen LogP contribution in [0.2, 0.25) is 0 Å². The van der Waals surface area contributed by atoms with Crippen molar-refractivity contribution in [3.05, 3.63) is 53.2 Å². The largest absolute Gasteiger partial charge is 0.368 e. The van der Waals surface area contributed by atoms with Crippen LogP contribution in [-0.2, 0) is 0 Å². The van der Waals surface area contributed by atoms with Crippen molar-refractivity contribution in [1.82, 2.24) is 4.98 Å². The molecule has 2 heterocycles. The van der Waals surface area contributed by atoms with E-state index >= 15 is 0 Å². The van der Waals surface area contributed by atoms with E-state index in [9.17, 15) is 0 Å². The zero-order chi connectivity index (χ0) is 15.5. The molecule has 1 fully saturated rings. The van der Waals surface area contributed by atoms with Gasteiger partial charge in [-0.3, -0.25) is 0 Å². The molecule has 112 valence electrons. The number of pyridine rings is 1. The number of hydrogen-bond acceptors (Lipinski definition) is 4. The van der Waals surface area contributed by atoms with Crippen molar-refractivity contribution in [2.45, 2.75) is 13.8 Å². The number of hydrogen-bond donors (Lipinski definition) is 0. The predicted octanol–water partition coefficient (Wildman–Crippen LogP) is 2.90. The van der Waals surface area contributed by atoms with Crippen LogP contribution in [0.25, 0.3) is 0 Å². The van der Waals surface area contributed by atoms with Gasteiger partial charge in [-0.2, -0.15) is 5.26 Å². The van der Waals surface area contributed by atoms with Crippen molar-refractivity contribution in [1.29, 1.82) is 5.26 Å². The lowest BCUT2D eigenvalue weighted by atomic mass is 10.1. The van der Waals surface area contributed by atoms with E-state index in [-0.39, 0.29) is 0 Å². The average molecular weight is 292 g/mol. The summed E-state index contributed by atoms with van der Waals surface area (Å²) in [5, 5.41) is 8.83. The minimum absolute atomic E-state index is 0.609. The first-order valence-corrected chi connectivity index (χ1v) is 7.60. The molecule has 1 aliphatic rings. The minimum Gasteiger partial charge on any atom is -0.368 e. The lowest BCUT2D eigenvalue weighted by Gasteiger charge is -2.37. The van der Waals surface area contributed by atoms with E-state index in [1.54, 1.807) is 6.20 Å². The Balaban J connectivity index is 1.68. The molecule has 0 aliphatic carbocycles. The molecule has 0 atom stereocenters. The first-order chi connectivity index (χ1) is 10.7. The highest BCUT2D eigenvalue weighted by Crippen LogP contribution is 2.23. The van der Waals surface area contributed by atoms with E-state index in [0.29, 0.717) is 5.56 Å². The zero-order valence-electron chi connectivity index (χ0n) is 13.1. The molecule has 22 heavy (non-hydrogen) atoms. The molecule has 0 spiro atoms. The minimum atomic E-state index is 0.609. The van der Waals surface area contributed by atoms with Crippen LogP contribution in [0.5, 0.6) is 0 Å². The van der Waals surface area contributed by atoms with Crippen molar-refractivity contribution in [2.24, 2.45) is 0 Å². The zero-order valence-corrected chi connectivity index (χ0v) is 13.1. The number of anilines is 2. The van der Waals surface area contributed by atoms with Gasteiger partial charge in [-0.1, -0.05) is 17.7 Å². The Labute approximate surface area is 131 Å². The highest BCUT2D eigenvalue weighted by molar-refractivity contribution is 5.56. The standard InChI is InChI=1S/C18H20N4/c1-14-3-5-17(15(2)11-14)21-7-9-22(10-8-21)18-6-4-16(12-19)13-20-18/h3-6,11,13H,7-10H2,1-2H3. The summed E-state index contributed by atoms with van der Waals surface area (Å²) in [4.78, 5) is 9.10. The fraction of sp³-hybridized carbons (Fsp3) is 0.333. The Kier molecular flexibility index (Phi) is 3.97. The van der Waals surface area contributed by atoms with E-state index in [1.165, 1.54) is 16.8 Å². The summed E-state index contributed by atoms with van der Waals surface area (Å²) in [7, 11) is 0. The average Bonchev–Trinajstić information content (AvgIpc) is 2.55. The van der Waals surface area contributed by atoms with Gasteiger partial charge in [-0.05, 0) is 37.6 Å². The molecule has 1 saturated heterocycles. The van der Waals surface area contributed by atoms with Gasteiger partial charge in [0.25, 0.3) is 0 Å². The monoisotopic (exact) mass is 292 g/mol. The van der Waals surface area contributed by atoms with Crippen LogP contribution in [0.15, 0.2) is 36.5 Å². The summed E-state index contributed by atoms with van der Waals surface area (Å²) in [6.07, 6.45) is 1.64. The van der Waals surface area contributed by atoms with Crippen LogP contribution in [0.4, 0.5) is 11.5 Å². The van der Waals surface area contributed by atoms with Crippen LogP contribution < -0.4 is 9.80 Å². The molecule has 0 radical (unpaired) electrons. The molecule has 0 saturated carbocycles. The Morgan fingerprint density at radius 3 is 2.32 bits per heavy atom. The molecule has 2 aromatic rings. The number of aryl methyl sites for hydroxylation is 2. The van der Waals surface area contributed by atoms with Crippen LogP contribution in [0.1, 0.15) is 16.7 Å². The maximum absolute atomic E-state index is 8.83. The smallest absolute Gasteiger partial charge is 0.128 e. The second-order valence-corrected chi connectivity index (χ2v) is 5.78. The summed E-state index contributed by atoms with van der Waals surface area (Å²) < 4.78 is 0. The molecular weight excluding hydrogens is 272 g/mol. The van der Waals surface area contributed by atoms with Gasteiger partial charge in [0.2, 0.25) is 0 Å². The van der Waals surface area contributed by atoms with Crippen LogP contribution >= 0.6 is 0 Å². The molecule has 1 aromatic heterocycles. The molecule has 0 N–H and O–H groups in total. The third-order valence-electron chi connectivity index (χ3n) is 4.17. The topological polar surface area (TPSA) is 43.2 Å². The summed E-state index contributed by atoms with van der Waals surface area (Å²) in [5.41, 5.74) is 4.59. The lowest BCUT2D eigenvalue weighted by molar-refractivity contribution is 0.646. The van der Waals surface area contributed by atoms with Gasteiger partial charge in [0.05, 0.1) is 5.56 Å². The quantitative estimate of drug-likeness (QED) is 0.853. The molecule has 4 heteroatoms. The van der Waals surface area contributed by atoms with Gasteiger partial charge in [0.15, 0.2) is 0 Å². The number of benzene rings is 1. The number of nitriles is 1. The van der Waals surface area contributed by atoms with Crippen molar-refractivity contribution in [3.63, 3.8) is 0 Å². The molecule has 3 rings (SSSR count). The SMILES string of the molecule is Cc1ccc(N2CCN(c3ccc(C#N)cn3)CC2)c(C)c1. The summed E-state index contributed by atoms with van der Waals surface area (Å²) in [5.74, 6) is 0.958. The molecule has 0 bridgehead atoms. The van der Waals surface area contributed by atoms with Gasteiger partial charge in [0, 0.05) is 38.1 Å². The number of piperazine rings is 1. The van der Waals surface area contributed by atoms with E-state index < -0.39 is 0 Å². The second kappa shape index (κ2) is 6.07. The van der Waals surface area contributed by atoms with Crippen molar-refractivity contribution < 1.29 is 0 Å². The second-order valence-electron chi connectivity index (χ2n) is 5.78. The van der Waals surface area contributed by atoms with Crippen molar-refractivity contribution in [3.8, 4) is 6.07 Å². The van der Waals surface area contributed by atoms with Crippen LogP contribution in [0.3, 0.4) is 0 Å². The van der Waals surface area contributed by atoms with E-state index in [2.05, 4.69) is 52.9 Å². The summed E-state index contributed by atoms with van der Waals surface area (Å²) in [6.45, 7) is 8.19. The highest BCUT2D eigenvalue weighted by atomic mass is 15.3. The third kappa shape index (κ3) is 2.89. The van der Waals surface area contributed by atoms with Gasteiger partial charge in [-0.25, -0.2) is 4.98 Å². The maximum Gasteiger partial charge on any atom is 0.128 e. The fourth-order valence-electron chi connectivity index (χ4n) is 2.98. The van der Waals surface area contributed by atoms with Gasteiger partial charge in [0.1, 0.15) is 11.9 Å². The number of nitrogens with zero attached hydrogens (tertiary/aromatic N) is 4. The maximum atomic E-state index is 8.83. The molecule has 0 unspecified atom stereocenters. The molecular formula is C18H20N4. The van der Waals surface area contributed by atoms with Crippen molar-refractivity contribution in [2.75, 3.05) is 36.0 Å². The number of rotatable bonds is 2. The van der Waals surface area contributed by atoms with Gasteiger partial charge < -0.3 is 9.80 Å². The predicted molar refractivity (Wildman–Crippen MR) is 89.3 cm³/mol. The molecule has 4 nitrogen and oxygen atoms in total. The first kappa shape index (κ1) is 14.4. The Morgan fingerprint density at radius 2 is 1.73 bits per heavy atom. The van der Waals surface area contributed by atoms with Gasteiger partial charge in [-0.15, -0.1) is 0 Å². The van der Waals surface area contributed by atoms with Crippen molar-refractivity contribution >= 4 is 11.5 Å². The lowest BCUT2D eigenvalue weighted by Crippen LogP contribution is -2.47. The van der Waals surface area contributed by atoms with E-state index in [0.717, 1.165) is 32.0 Å². The Morgan fingerprint density at radius 1 is 1.00 bits per heavy atom. The summed E-state index contributed by atoms with van der Waals surface area (Å²) >= 11 is 0. The molecule has 1 aliphatic heterocycles. The highest BCUT2D eigenvalue weighted by Gasteiger charge is 2.19. The molecule has 0 amide bonds. The fourth-order valence-corrected chi connectivity index (χ4v) is 2.98. The van der Waals surface area contributed by atoms with Gasteiger partial charge >= 0.3 is 0 Å².